The van der Waals surface area contributed by atoms with Crippen LogP contribution < -0.4 is 28.4 Å². The third kappa shape index (κ3) is 4.83. The fourth-order valence-corrected chi connectivity index (χ4v) is 4.96. The second-order valence-electron chi connectivity index (χ2n) is 9.26. The Balaban J connectivity index is 1.45. The van der Waals surface area contributed by atoms with E-state index in [1.54, 1.807) is 24.5 Å². The zero-order valence-corrected chi connectivity index (χ0v) is 24.0. The number of pyridine rings is 1. The van der Waals surface area contributed by atoms with Crippen LogP contribution in [0.15, 0.2) is 52.0 Å². The van der Waals surface area contributed by atoms with E-state index < -0.39 is 0 Å². The smallest absolute Gasteiger partial charge is 0.205 e. The number of nitrogens with zero attached hydrogens (tertiary/aromatic N) is 1. The molecule has 0 spiro atoms. The summed E-state index contributed by atoms with van der Waals surface area (Å²) in [6.07, 6.45) is 6.24. The predicted octanol–water partition coefficient (Wildman–Crippen LogP) is 6.17. The molecule has 5 aromatic rings. The molecule has 0 atom stereocenters. The van der Waals surface area contributed by atoms with Crippen LogP contribution in [-0.2, 0) is 13.2 Å². The highest BCUT2D eigenvalue weighted by Crippen LogP contribution is 2.48. The van der Waals surface area contributed by atoms with Crippen molar-refractivity contribution in [3.63, 3.8) is 0 Å². The molecule has 0 aliphatic rings. The molecule has 42 heavy (non-hydrogen) atoms. The second kappa shape index (κ2) is 11.7. The van der Waals surface area contributed by atoms with Crippen LogP contribution in [0, 0.1) is 0 Å². The van der Waals surface area contributed by atoms with Gasteiger partial charge in [0.1, 0.15) is 35.8 Å². The third-order valence-electron chi connectivity index (χ3n) is 6.69. The summed E-state index contributed by atoms with van der Waals surface area (Å²) in [5.41, 5.74) is 2.64. The summed E-state index contributed by atoms with van der Waals surface area (Å²) in [6.45, 7) is 2.94. The fourth-order valence-electron chi connectivity index (χ4n) is 4.96. The highest BCUT2D eigenvalue weighted by atomic mass is 16.5. The first-order chi connectivity index (χ1) is 20.3. The van der Waals surface area contributed by atoms with Gasteiger partial charge in [-0.05, 0) is 32.0 Å². The van der Waals surface area contributed by atoms with Crippen molar-refractivity contribution in [1.29, 1.82) is 0 Å². The minimum Gasteiger partial charge on any atom is -0.495 e. The minimum absolute atomic E-state index is 0.0427. The van der Waals surface area contributed by atoms with Crippen LogP contribution >= 0.6 is 0 Å². The molecule has 3 heterocycles. The molecule has 218 valence electrons. The van der Waals surface area contributed by atoms with Gasteiger partial charge in [0, 0.05) is 23.5 Å². The average molecular weight is 576 g/mol. The van der Waals surface area contributed by atoms with E-state index in [0.717, 1.165) is 0 Å². The number of methoxy groups -OCH3 is 4. The molecule has 0 saturated heterocycles. The van der Waals surface area contributed by atoms with Crippen molar-refractivity contribution in [2.45, 2.75) is 27.1 Å². The topological polar surface area (TPSA) is 129 Å². The summed E-state index contributed by atoms with van der Waals surface area (Å²) >= 11 is 0. The first-order valence-corrected chi connectivity index (χ1v) is 12.8. The summed E-state index contributed by atoms with van der Waals surface area (Å²) in [5, 5.41) is 1.19. The van der Waals surface area contributed by atoms with Gasteiger partial charge in [0.15, 0.2) is 34.2 Å². The molecule has 0 unspecified atom stereocenters. The molecule has 11 heteroatoms. The zero-order valence-electron chi connectivity index (χ0n) is 24.0. The number of benzene rings is 2. The van der Waals surface area contributed by atoms with Crippen LogP contribution in [-0.4, -0.2) is 45.0 Å². The Bertz CT molecular complexity index is 1670. The van der Waals surface area contributed by atoms with Crippen LogP contribution in [0.5, 0.6) is 34.5 Å². The van der Waals surface area contributed by atoms with Crippen molar-refractivity contribution in [1.82, 2.24) is 4.98 Å². The predicted molar refractivity (Wildman–Crippen MR) is 152 cm³/mol. The lowest BCUT2D eigenvalue weighted by atomic mass is 10.0. The summed E-state index contributed by atoms with van der Waals surface area (Å²) in [7, 11) is 5.89. The average Bonchev–Trinajstić information content (AvgIpc) is 3.67. The number of furan rings is 2. The molecule has 0 radical (unpaired) electrons. The zero-order chi connectivity index (χ0) is 30.0. The van der Waals surface area contributed by atoms with Crippen molar-refractivity contribution in [2.75, 3.05) is 28.4 Å². The molecule has 5 rings (SSSR count). The van der Waals surface area contributed by atoms with Crippen LogP contribution in [0.3, 0.4) is 0 Å². The Morgan fingerprint density at radius 1 is 0.643 bits per heavy atom. The molecule has 0 amide bonds. The first-order valence-electron chi connectivity index (χ1n) is 12.8. The molecule has 0 N–H and O–H groups in total. The minimum atomic E-state index is -0.261. The quantitative estimate of drug-likeness (QED) is 0.158. The monoisotopic (exact) mass is 575 g/mol. The van der Waals surface area contributed by atoms with Crippen LogP contribution in [0.4, 0.5) is 0 Å². The van der Waals surface area contributed by atoms with E-state index in [1.807, 2.05) is 6.07 Å². The Morgan fingerprint density at radius 3 is 1.40 bits per heavy atom. The van der Waals surface area contributed by atoms with Crippen LogP contribution in [0.2, 0.25) is 0 Å². The van der Waals surface area contributed by atoms with E-state index >= 15 is 0 Å². The van der Waals surface area contributed by atoms with E-state index in [1.165, 1.54) is 54.8 Å². The molecule has 3 aromatic heterocycles. The maximum absolute atomic E-state index is 12.7. The van der Waals surface area contributed by atoms with Gasteiger partial charge in [-0.15, -0.1) is 0 Å². The number of ether oxygens (including phenoxy) is 6. The molecule has 0 aliphatic heterocycles. The number of Topliss-reactive ketones (excluding diaryl/α,β-unsaturated/α-hetero) is 2. The summed E-state index contributed by atoms with van der Waals surface area (Å²) in [4.78, 5) is 29.7. The van der Waals surface area contributed by atoms with Crippen LogP contribution in [0.1, 0.15) is 45.7 Å². The maximum Gasteiger partial charge on any atom is 0.205 e. The second-order valence-corrected chi connectivity index (χ2v) is 9.26. The SMILES string of the molecule is COc1c(C(C)=O)c(OCc2cncc(COc3c(C(C)=O)c(OC)c4ccoc4c3OC)c2)c(OC)c2occc12. The standard InChI is InChI=1S/C31H29NO10/c1-16(33)22-24(35-3)20-7-9-39-26(20)30(37-5)28(22)41-14-18-11-19(13-32-12-18)15-42-29-23(17(2)34)25(36-4)21-8-10-40-27(21)31(29)38-6/h7-13H,14-15H2,1-6H3. The van der Waals surface area contributed by atoms with Gasteiger partial charge >= 0.3 is 0 Å². The van der Waals surface area contributed by atoms with Gasteiger partial charge in [-0.3, -0.25) is 14.6 Å². The molecule has 11 nitrogen and oxygen atoms in total. The van der Waals surface area contributed by atoms with Gasteiger partial charge in [-0.1, -0.05) is 0 Å². The number of ketones is 2. The van der Waals surface area contributed by atoms with Crippen molar-refractivity contribution < 1.29 is 46.8 Å². The number of hydrogen-bond donors (Lipinski definition) is 0. The van der Waals surface area contributed by atoms with Gasteiger partial charge in [-0.25, -0.2) is 0 Å². The molecule has 0 bridgehead atoms. The van der Waals surface area contributed by atoms with E-state index in [4.69, 9.17) is 37.3 Å². The molecule has 2 aromatic carbocycles. The molecular weight excluding hydrogens is 546 g/mol. The Labute approximate surface area is 240 Å². The normalized spacial score (nSPS) is 11.0. The van der Waals surface area contributed by atoms with Crippen LogP contribution in [0.25, 0.3) is 21.9 Å². The van der Waals surface area contributed by atoms with Gasteiger partial charge in [0.05, 0.1) is 51.7 Å². The maximum atomic E-state index is 12.7. The largest absolute Gasteiger partial charge is 0.495 e. The number of hydrogen-bond acceptors (Lipinski definition) is 11. The van der Waals surface area contributed by atoms with Crippen molar-refractivity contribution >= 4 is 33.5 Å². The van der Waals surface area contributed by atoms with E-state index in [-0.39, 0.29) is 58.9 Å². The lowest BCUT2D eigenvalue weighted by Crippen LogP contribution is -2.08. The highest BCUT2D eigenvalue weighted by Gasteiger charge is 2.28. The number of carbonyl (C=O) groups excluding carboxylic acids is 2. The van der Waals surface area contributed by atoms with Gasteiger partial charge in [0.2, 0.25) is 11.5 Å². The molecule has 0 fully saturated rings. The number of rotatable bonds is 12. The molecular formula is C31H29NO10. The highest BCUT2D eigenvalue weighted by molar-refractivity contribution is 6.09. The number of carbonyl (C=O) groups is 2. The van der Waals surface area contributed by atoms with Gasteiger partial charge in [0.25, 0.3) is 0 Å². The van der Waals surface area contributed by atoms with E-state index in [2.05, 4.69) is 4.98 Å². The summed E-state index contributed by atoms with van der Waals surface area (Å²) < 4.78 is 45.8. The van der Waals surface area contributed by atoms with Crippen molar-refractivity contribution in [2.24, 2.45) is 0 Å². The first kappa shape index (κ1) is 28.3. The fraction of sp³-hybridized carbons (Fsp3) is 0.258. The Kier molecular flexibility index (Phi) is 7.92. The summed E-state index contributed by atoms with van der Waals surface area (Å²) in [5.74, 6) is 1.09. The van der Waals surface area contributed by atoms with Gasteiger partial charge in [-0.2, -0.15) is 0 Å². The lowest BCUT2D eigenvalue weighted by molar-refractivity contribution is 0.0996. The third-order valence-corrected chi connectivity index (χ3v) is 6.69. The molecule has 0 saturated carbocycles. The Morgan fingerprint density at radius 2 is 1.05 bits per heavy atom. The summed E-state index contributed by atoms with van der Waals surface area (Å²) in [6, 6.07) is 5.23. The van der Waals surface area contributed by atoms with Crippen molar-refractivity contribution in [3.8, 4) is 34.5 Å². The Hall–Kier alpha value is -5.19. The van der Waals surface area contributed by atoms with Crippen molar-refractivity contribution in [3.05, 3.63) is 65.4 Å². The van der Waals surface area contributed by atoms with E-state index in [0.29, 0.717) is 44.6 Å². The van der Waals surface area contributed by atoms with E-state index in [9.17, 15) is 9.59 Å². The molecule has 0 aliphatic carbocycles. The number of aromatic nitrogens is 1. The van der Waals surface area contributed by atoms with Gasteiger partial charge < -0.3 is 37.3 Å². The lowest BCUT2D eigenvalue weighted by Gasteiger charge is -2.18. The number of fused-ring (bicyclic) bond motifs is 2.